The fourth-order valence-corrected chi connectivity index (χ4v) is 1.77. The van der Waals surface area contributed by atoms with E-state index in [1.54, 1.807) is 4.68 Å². The van der Waals surface area contributed by atoms with E-state index in [0.29, 0.717) is 6.42 Å². The van der Waals surface area contributed by atoms with Crippen LogP contribution in [-0.2, 0) is 4.79 Å². The first-order valence-corrected chi connectivity index (χ1v) is 5.53. The number of amides is 1. The summed E-state index contributed by atoms with van der Waals surface area (Å²) in [6, 6.07) is -0.347. The minimum Gasteiger partial charge on any atom is -0.292 e. The largest absolute Gasteiger partial charge is 0.292 e. The van der Waals surface area contributed by atoms with E-state index in [1.165, 1.54) is 0 Å². The number of aryl methyl sites for hydroxylation is 1. The average molecular weight is 275 g/mol. The lowest BCUT2D eigenvalue weighted by Gasteiger charge is -2.15. The number of nitrogens with one attached hydrogen (secondary N) is 1. The van der Waals surface area contributed by atoms with Gasteiger partial charge in [0.1, 0.15) is 6.04 Å². The Labute approximate surface area is 97.1 Å². The third-order valence-corrected chi connectivity index (χ3v) is 3.51. The number of nitrogens with zero attached hydrogens (tertiary/aromatic N) is 2. The molecule has 0 saturated heterocycles. The van der Waals surface area contributed by atoms with Crippen LogP contribution in [0.25, 0.3) is 0 Å². The molecular weight excluding hydrogens is 260 g/mol. The van der Waals surface area contributed by atoms with Gasteiger partial charge in [0.25, 0.3) is 5.91 Å². The van der Waals surface area contributed by atoms with Crippen LogP contribution < -0.4 is 11.3 Å². The zero-order valence-corrected chi connectivity index (χ0v) is 10.6. The summed E-state index contributed by atoms with van der Waals surface area (Å²) in [6.45, 7) is 5.72. The first kappa shape index (κ1) is 12.2. The molecule has 0 radical (unpaired) electrons. The van der Waals surface area contributed by atoms with E-state index >= 15 is 0 Å². The van der Waals surface area contributed by atoms with Crippen molar-refractivity contribution >= 4 is 21.8 Å². The first-order valence-electron chi connectivity index (χ1n) is 4.74. The first-order chi connectivity index (χ1) is 7.02. The molecule has 0 bridgehead atoms. The second kappa shape index (κ2) is 4.76. The molecule has 84 valence electrons. The summed E-state index contributed by atoms with van der Waals surface area (Å²) in [7, 11) is 0. The summed E-state index contributed by atoms with van der Waals surface area (Å²) in [5, 5.41) is 4.30. The zero-order valence-electron chi connectivity index (χ0n) is 9.04. The molecule has 15 heavy (non-hydrogen) atoms. The molecule has 1 aromatic rings. The van der Waals surface area contributed by atoms with Crippen LogP contribution >= 0.6 is 15.9 Å². The minimum atomic E-state index is -0.347. The second-order valence-corrected chi connectivity index (χ2v) is 4.16. The molecule has 0 aliphatic rings. The third-order valence-electron chi connectivity index (χ3n) is 2.36. The number of hydrazine groups is 1. The lowest BCUT2D eigenvalue weighted by Crippen LogP contribution is -2.37. The molecule has 1 atom stereocenters. The summed E-state index contributed by atoms with van der Waals surface area (Å²) in [4.78, 5) is 11.5. The number of halogens is 1. The van der Waals surface area contributed by atoms with Gasteiger partial charge < -0.3 is 0 Å². The maximum Gasteiger partial charge on any atom is 0.258 e. The second-order valence-electron chi connectivity index (χ2n) is 3.36. The lowest BCUT2D eigenvalue weighted by atomic mass is 10.2. The van der Waals surface area contributed by atoms with Gasteiger partial charge in [-0.2, -0.15) is 5.10 Å². The molecule has 3 N–H and O–H groups in total. The fourth-order valence-electron chi connectivity index (χ4n) is 1.51. The molecule has 0 fully saturated rings. The van der Waals surface area contributed by atoms with Crippen LogP contribution in [-0.4, -0.2) is 15.7 Å². The number of rotatable bonds is 3. The highest BCUT2D eigenvalue weighted by Crippen LogP contribution is 2.24. The quantitative estimate of drug-likeness (QED) is 0.494. The van der Waals surface area contributed by atoms with Crippen LogP contribution in [0.15, 0.2) is 4.47 Å². The van der Waals surface area contributed by atoms with Gasteiger partial charge in [-0.3, -0.25) is 14.9 Å². The predicted octanol–water partition coefficient (Wildman–Crippen LogP) is 1.20. The Morgan fingerprint density at radius 2 is 2.27 bits per heavy atom. The number of nitrogens with two attached hydrogens (primary N) is 1. The van der Waals surface area contributed by atoms with Gasteiger partial charge in [0.15, 0.2) is 0 Å². The van der Waals surface area contributed by atoms with Crippen molar-refractivity contribution in [2.75, 3.05) is 0 Å². The van der Waals surface area contributed by atoms with Crippen molar-refractivity contribution in [2.24, 2.45) is 5.84 Å². The lowest BCUT2D eigenvalue weighted by molar-refractivity contribution is -0.124. The van der Waals surface area contributed by atoms with E-state index in [9.17, 15) is 4.79 Å². The normalized spacial score (nSPS) is 12.6. The van der Waals surface area contributed by atoms with Crippen LogP contribution in [0.3, 0.4) is 0 Å². The van der Waals surface area contributed by atoms with Crippen molar-refractivity contribution in [3.63, 3.8) is 0 Å². The molecule has 0 aliphatic carbocycles. The zero-order chi connectivity index (χ0) is 11.6. The number of aromatic nitrogens is 2. The molecule has 1 heterocycles. The van der Waals surface area contributed by atoms with Gasteiger partial charge in [0.2, 0.25) is 0 Å². The van der Waals surface area contributed by atoms with E-state index in [4.69, 9.17) is 5.84 Å². The average Bonchev–Trinajstić information content (AvgIpc) is 2.47. The predicted molar refractivity (Wildman–Crippen MR) is 61.1 cm³/mol. The van der Waals surface area contributed by atoms with Crippen LogP contribution in [0.4, 0.5) is 0 Å². The van der Waals surface area contributed by atoms with Crippen molar-refractivity contribution < 1.29 is 4.79 Å². The number of hydrogen-bond donors (Lipinski definition) is 2. The molecule has 0 saturated carbocycles. The third kappa shape index (κ3) is 2.21. The monoisotopic (exact) mass is 274 g/mol. The molecule has 0 aromatic carbocycles. The van der Waals surface area contributed by atoms with Crippen LogP contribution in [0.2, 0.25) is 0 Å². The molecule has 1 unspecified atom stereocenters. The fraction of sp³-hybridized carbons (Fsp3) is 0.556. The molecule has 1 amide bonds. The van der Waals surface area contributed by atoms with Crippen molar-refractivity contribution in [2.45, 2.75) is 33.2 Å². The summed E-state index contributed by atoms with van der Waals surface area (Å²) in [5.74, 6) is 4.90. The van der Waals surface area contributed by atoms with Gasteiger partial charge in [0.05, 0.1) is 15.9 Å². The molecule has 1 rings (SSSR count). The van der Waals surface area contributed by atoms with Gasteiger partial charge in [-0.15, -0.1) is 0 Å². The van der Waals surface area contributed by atoms with Gasteiger partial charge in [-0.05, 0) is 36.2 Å². The molecule has 1 aromatic heterocycles. The van der Waals surface area contributed by atoms with Gasteiger partial charge in [-0.25, -0.2) is 5.84 Å². The number of carbonyl (C=O) groups is 1. The molecule has 0 spiro atoms. The van der Waals surface area contributed by atoms with Crippen molar-refractivity contribution in [1.82, 2.24) is 15.2 Å². The number of hydrogen-bond acceptors (Lipinski definition) is 3. The number of carbonyl (C=O) groups excluding carboxylic acids is 1. The highest BCUT2D eigenvalue weighted by Gasteiger charge is 2.22. The Hall–Kier alpha value is -0.880. The Balaban J connectivity index is 3.13. The Bertz CT molecular complexity index is 374. The minimum absolute atomic E-state index is 0.226. The van der Waals surface area contributed by atoms with Crippen molar-refractivity contribution in [1.29, 1.82) is 0 Å². The topological polar surface area (TPSA) is 72.9 Å². The van der Waals surface area contributed by atoms with Crippen LogP contribution in [0.1, 0.15) is 30.8 Å². The molecule has 5 nitrogen and oxygen atoms in total. The Morgan fingerprint density at radius 1 is 1.67 bits per heavy atom. The summed E-state index contributed by atoms with van der Waals surface area (Å²) in [5.41, 5.74) is 3.96. The van der Waals surface area contributed by atoms with E-state index in [-0.39, 0.29) is 11.9 Å². The summed E-state index contributed by atoms with van der Waals surface area (Å²) in [6.07, 6.45) is 0.650. The van der Waals surface area contributed by atoms with Gasteiger partial charge in [-0.1, -0.05) is 6.92 Å². The maximum atomic E-state index is 11.5. The Morgan fingerprint density at radius 3 is 2.60 bits per heavy atom. The van der Waals surface area contributed by atoms with Crippen LogP contribution in [0, 0.1) is 13.8 Å². The summed E-state index contributed by atoms with van der Waals surface area (Å²) >= 11 is 3.42. The molecule has 6 heteroatoms. The van der Waals surface area contributed by atoms with E-state index in [2.05, 4.69) is 26.5 Å². The highest BCUT2D eigenvalue weighted by atomic mass is 79.9. The maximum absolute atomic E-state index is 11.5. The molecule has 0 aliphatic heterocycles. The van der Waals surface area contributed by atoms with Crippen molar-refractivity contribution in [3.8, 4) is 0 Å². The van der Waals surface area contributed by atoms with Crippen molar-refractivity contribution in [3.05, 3.63) is 15.9 Å². The van der Waals surface area contributed by atoms with Crippen LogP contribution in [0.5, 0.6) is 0 Å². The van der Waals surface area contributed by atoms with Gasteiger partial charge >= 0.3 is 0 Å². The van der Waals surface area contributed by atoms with Gasteiger partial charge in [0, 0.05) is 0 Å². The smallest absolute Gasteiger partial charge is 0.258 e. The Kier molecular flexibility index (Phi) is 3.87. The standard InChI is InChI=1S/C9H15BrN4O/c1-4-7(9(15)12-11)14-6(3)8(10)5(2)13-14/h7H,4,11H2,1-3H3,(H,12,15). The highest BCUT2D eigenvalue weighted by molar-refractivity contribution is 9.10. The van der Waals surface area contributed by atoms with E-state index in [0.717, 1.165) is 15.9 Å². The SMILES string of the molecule is CCC(C(=O)NN)n1nc(C)c(Br)c1C. The molecular formula is C9H15BrN4O. The van der Waals surface area contributed by atoms with E-state index in [1.807, 2.05) is 20.8 Å². The summed E-state index contributed by atoms with van der Waals surface area (Å²) < 4.78 is 2.63. The van der Waals surface area contributed by atoms with E-state index < -0.39 is 0 Å².